The lowest BCUT2D eigenvalue weighted by Crippen LogP contribution is -2.07. The van der Waals surface area contributed by atoms with Gasteiger partial charge >= 0.3 is 23.5 Å². The van der Waals surface area contributed by atoms with E-state index in [1.807, 2.05) is 140 Å². The summed E-state index contributed by atoms with van der Waals surface area (Å²) in [6.07, 6.45) is 0. The lowest BCUT2D eigenvalue weighted by molar-refractivity contribution is 0.293. The van der Waals surface area contributed by atoms with Crippen LogP contribution >= 0.6 is 80.1 Å². The van der Waals surface area contributed by atoms with Gasteiger partial charge < -0.3 is 90.3 Å². The quantitative estimate of drug-likeness (QED) is 0.0213. The van der Waals surface area contributed by atoms with E-state index in [1.165, 1.54) is 97.1 Å². The highest BCUT2D eigenvalue weighted by Gasteiger charge is 2.36. The average Bonchev–Trinajstić information content (AvgIpc) is 0.831. The van der Waals surface area contributed by atoms with Crippen molar-refractivity contribution in [1.29, 1.82) is 0 Å². The molecule has 712 valence electrons. The van der Waals surface area contributed by atoms with Crippen LogP contribution in [0.1, 0.15) is 22.3 Å². The van der Waals surface area contributed by atoms with Gasteiger partial charge in [0.15, 0.2) is 0 Å². The summed E-state index contributed by atoms with van der Waals surface area (Å²) in [5, 5.41) is 56.5. The molecule has 24 nitrogen and oxygen atoms in total. The van der Waals surface area contributed by atoms with E-state index in [4.69, 9.17) is 115 Å². The van der Waals surface area contributed by atoms with Crippen LogP contribution in [0.3, 0.4) is 0 Å². The molecule has 17 aromatic rings. The van der Waals surface area contributed by atoms with Crippen LogP contribution in [0.25, 0.3) is 0 Å². The van der Waals surface area contributed by atoms with Crippen LogP contribution in [-0.2, 0) is 49.3 Å². The maximum Gasteiger partial charge on any atom is 0.647 e. The van der Waals surface area contributed by atoms with Crippen LogP contribution in [0.4, 0.5) is 0 Å². The number of para-hydroxylation sites is 3. The molecule has 0 spiro atoms. The highest BCUT2D eigenvalue weighted by molar-refractivity contribution is 8.13. The van der Waals surface area contributed by atoms with Crippen molar-refractivity contribution in [3.63, 3.8) is 0 Å². The first-order chi connectivity index (χ1) is 67.1. The number of phosphoric ester groups is 3. The van der Waals surface area contributed by atoms with Crippen molar-refractivity contribution in [3.8, 4) is 109 Å². The molecule has 0 bridgehead atoms. The van der Waals surface area contributed by atoms with Gasteiger partial charge in [0.05, 0.1) is 0 Å². The van der Waals surface area contributed by atoms with Gasteiger partial charge in [0.25, 0.3) is 11.7 Å². The zero-order chi connectivity index (χ0) is 98.4. The summed E-state index contributed by atoms with van der Waals surface area (Å²) in [6.45, 7) is 1.97. The Bertz CT molecular complexity index is 6200. The fourth-order valence-corrected chi connectivity index (χ4v) is 17.4. The number of hydrogen-bond donors (Lipinski definition) is 6. The van der Waals surface area contributed by atoms with Gasteiger partial charge in [0, 0.05) is 10.6 Å². The predicted molar refractivity (Wildman–Crippen MR) is 543 cm³/mol. The number of rotatable bonds is 32. The van der Waals surface area contributed by atoms with Crippen LogP contribution in [0.2, 0.25) is 0 Å². The van der Waals surface area contributed by atoms with Crippen LogP contribution in [0, 0.1) is 0 Å². The number of ether oxygens (including phenoxy) is 4. The molecule has 0 unspecified atom stereocenters. The fourth-order valence-electron chi connectivity index (χ4n) is 11.2. The average molecular weight is 2050 g/mol. The molecule has 0 radical (unpaired) electrons. The van der Waals surface area contributed by atoms with Crippen molar-refractivity contribution < 1.29 is 113 Å². The molecule has 139 heavy (non-hydrogen) atoms. The maximum atomic E-state index is 13.8. The SMILES string of the molecule is O=P(Cl)(Cl)c1ccccc1.O=P(Cl)(Cl)c1ccccc1.O=P(Oc1ccccc1)(Oc1ccc(O)cc1)Oc1ccc(O)cc1.O=P(Oc1ccccc1)(Oc1ccc(O)cc1)Oc1ccc(O)cc1.O=P(Oc1ccccc1)(Oc1ccc(OCc2ccccc2)cc1)Oc1ccc(OCc2ccccc2)cc1.Oc1ccc(OCc2ccccc2)cc1.Oc1ccc(OCc2ccccc2)cc1. The minimum Gasteiger partial charge on any atom is -0.508 e. The van der Waals surface area contributed by atoms with Gasteiger partial charge in [-0.3, -0.25) is 9.13 Å². The zero-order valence-corrected chi connectivity index (χ0v) is 81.1. The molecular weight excluding hydrogens is 1950 g/mol. The van der Waals surface area contributed by atoms with E-state index in [9.17, 15) is 43.3 Å². The van der Waals surface area contributed by atoms with Gasteiger partial charge in [-0.25, -0.2) is 0 Å². The lowest BCUT2D eigenvalue weighted by Gasteiger charge is -2.19. The second-order valence-corrected chi connectivity index (χ2v) is 42.7. The Morgan fingerprint density at radius 2 is 0.281 bits per heavy atom. The van der Waals surface area contributed by atoms with Gasteiger partial charge in [-0.05, 0) is 322 Å². The first-order valence-electron chi connectivity index (χ1n) is 42.0. The van der Waals surface area contributed by atoms with Crippen molar-refractivity contribution in [1.82, 2.24) is 0 Å². The Balaban J connectivity index is 0.000000164. The molecule has 0 aliphatic carbocycles. The molecule has 0 saturated carbocycles. The van der Waals surface area contributed by atoms with Crippen molar-refractivity contribution in [3.05, 3.63) is 489 Å². The first kappa shape index (κ1) is 105. The summed E-state index contributed by atoms with van der Waals surface area (Å²) in [5.41, 5.74) is 4.38. The topological polar surface area (TPSA) is 327 Å². The van der Waals surface area contributed by atoms with E-state index in [1.54, 1.807) is 231 Å². The summed E-state index contributed by atoms with van der Waals surface area (Å²) in [6, 6.07) is 132. The molecule has 0 amide bonds. The number of phenols is 6. The summed E-state index contributed by atoms with van der Waals surface area (Å²) >= 11 is 21.5. The minimum absolute atomic E-state index is 0.0469. The van der Waals surface area contributed by atoms with E-state index >= 15 is 0 Å². The van der Waals surface area contributed by atoms with E-state index in [0.29, 0.717) is 77.3 Å². The van der Waals surface area contributed by atoms with Crippen molar-refractivity contribution >= 4 is 90.7 Å². The molecule has 0 saturated heterocycles. The molecule has 0 fully saturated rings. The highest BCUT2D eigenvalue weighted by atomic mass is 35.9. The van der Waals surface area contributed by atoms with Gasteiger partial charge in [-0.15, -0.1) is 0 Å². The maximum absolute atomic E-state index is 13.8. The highest BCUT2D eigenvalue weighted by Crippen LogP contribution is 2.57. The Morgan fingerprint density at radius 1 is 0.158 bits per heavy atom. The summed E-state index contributed by atoms with van der Waals surface area (Å²) in [5.74, 6) is -0.227. The number of halogens is 4. The fraction of sp³-hybridized carbons (Fsp3) is 0.0377. The number of phenolic OH excluding ortho intramolecular Hbond substituents is 6. The largest absolute Gasteiger partial charge is 0.647 e. The van der Waals surface area contributed by atoms with Gasteiger partial charge in [-0.2, -0.15) is 13.7 Å². The zero-order valence-electron chi connectivity index (χ0n) is 73.6. The normalized spacial score (nSPS) is 10.7. The van der Waals surface area contributed by atoms with Crippen LogP contribution in [-0.4, -0.2) is 30.6 Å². The van der Waals surface area contributed by atoms with Crippen molar-refractivity contribution in [2.24, 2.45) is 0 Å². The van der Waals surface area contributed by atoms with Crippen LogP contribution < -0.4 is 70.3 Å². The molecule has 0 aliphatic rings. The van der Waals surface area contributed by atoms with Gasteiger partial charge in [0.2, 0.25) is 0 Å². The van der Waals surface area contributed by atoms with E-state index in [-0.39, 0.29) is 57.5 Å². The predicted octanol–water partition coefficient (Wildman–Crippen LogP) is 29.9. The number of phosphoric acid groups is 3. The first-order valence-corrected chi connectivity index (χ1v) is 53.4. The monoisotopic (exact) mass is 2040 g/mol. The smallest absolute Gasteiger partial charge is 0.508 e. The second kappa shape index (κ2) is 54.3. The third-order valence-corrected chi connectivity index (χ3v) is 26.0. The standard InChI is InChI=1S/C32H27O6P.2C18H15O6P.2C13H12O2.2C6H5Cl2OP/c33-39(36-30-14-8-3-9-15-30,37-31-20-16-28(17-21-31)34-24-26-10-4-1-5-11-26)38-32-22-18-29(19-23-32)35-25-27-12-6-2-7-13-27;2*19-14-6-10-17(11-7-14)23-25(21,22-16-4-2-1-3-5-16)24-18-12-8-15(20)9-13-18;2*14-12-6-8-13(9-7-12)15-10-11-4-2-1-3-5-11;2*7-10(8,9)6-4-2-1-3-5-6/h1-23H,24-25H2;2*1-13,19-20H;2*1-9,14H,10H2;2*1-5H. The molecular formula is C106H91Cl4O24P5. The number of aromatic hydroxyl groups is 6. The Morgan fingerprint density at radius 3 is 0.432 bits per heavy atom. The van der Waals surface area contributed by atoms with E-state index in [0.717, 1.165) is 33.8 Å². The third kappa shape index (κ3) is 39.5. The van der Waals surface area contributed by atoms with Gasteiger partial charge in [-0.1, -0.05) is 212 Å². The third-order valence-electron chi connectivity index (χ3n) is 18.0. The Hall–Kier alpha value is -14.8. The summed E-state index contributed by atoms with van der Waals surface area (Å²) < 4.78 is 135. The second-order valence-electron chi connectivity index (χ2n) is 28.7. The summed E-state index contributed by atoms with van der Waals surface area (Å²) in [7, 11) is -12.3. The minimum atomic E-state index is -4.12. The Kier molecular flexibility index (Phi) is 40.9. The van der Waals surface area contributed by atoms with Crippen LogP contribution in [0.5, 0.6) is 109 Å². The van der Waals surface area contributed by atoms with Crippen molar-refractivity contribution in [2.45, 2.75) is 26.4 Å². The molecule has 0 aromatic heterocycles. The number of hydrogen-bond acceptors (Lipinski definition) is 24. The molecule has 17 rings (SSSR count). The molecule has 0 atom stereocenters. The molecule has 0 heterocycles. The number of benzene rings is 17. The van der Waals surface area contributed by atoms with E-state index < -0.39 is 35.2 Å². The van der Waals surface area contributed by atoms with E-state index in [2.05, 4.69) is 0 Å². The van der Waals surface area contributed by atoms with Crippen LogP contribution in [0.15, 0.2) is 467 Å². The molecule has 6 N–H and O–H groups in total. The Labute approximate surface area is 823 Å². The summed E-state index contributed by atoms with van der Waals surface area (Å²) in [4.78, 5) is 0. The van der Waals surface area contributed by atoms with Crippen molar-refractivity contribution in [2.75, 3.05) is 0 Å². The van der Waals surface area contributed by atoms with Gasteiger partial charge in [0.1, 0.15) is 136 Å². The lowest BCUT2D eigenvalue weighted by atomic mass is 10.2. The molecule has 33 heteroatoms. The molecule has 0 aliphatic heterocycles. The molecule has 17 aromatic carbocycles.